The van der Waals surface area contributed by atoms with Crippen molar-refractivity contribution in [1.82, 2.24) is 9.88 Å². The summed E-state index contributed by atoms with van der Waals surface area (Å²) in [6.45, 7) is 4.17. The molecule has 1 aromatic carbocycles. The number of hydrogen-bond acceptors (Lipinski definition) is 7. The third kappa shape index (κ3) is 6.46. The lowest BCUT2D eigenvalue weighted by Crippen LogP contribution is -2.41. The zero-order valence-corrected chi connectivity index (χ0v) is 22.2. The topological polar surface area (TPSA) is 91.8 Å². The number of carbonyl (C=O) groups excluding carboxylic acids is 3. The molecule has 206 valence electrons. The Morgan fingerprint density at radius 3 is 2.47 bits per heavy atom. The molecule has 2 saturated heterocycles. The van der Waals surface area contributed by atoms with Crippen LogP contribution in [-0.4, -0.2) is 61.0 Å². The lowest BCUT2D eigenvalue weighted by Gasteiger charge is -2.32. The highest BCUT2D eigenvalue weighted by atomic mass is 32.1. The second kappa shape index (κ2) is 11.7. The first kappa shape index (κ1) is 27.9. The number of amides is 2. The molecule has 2 aliphatic heterocycles. The number of hydrogen-bond donors (Lipinski definition) is 1. The molecule has 1 N–H and O–H groups in total. The number of piperidine rings is 1. The van der Waals surface area contributed by atoms with Crippen molar-refractivity contribution >= 4 is 40.5 Å². The molecule has 0 radical (unpaired) electrons. The number of halogens is 3. The number of alkyl halides is 3. The van der Waals surface area contributed by atoms with E-state index < -0.39 is 29.5 Å². The Kier molecular flexibility index (Phi) is 8.59. The maximum absolute atomic E-state index is 13.4. The highest BCUT2D eigenvalue weighted by Gasteiger charge is 2.33. The summed E-state index contributed by atoms with van der Waals surface area (Å²) >= 11 is 1.33. The molecule has 0 bridgehead atoms. The van der Waals surface area contributed by atoms with Crippen LogP contribution in [0.3, 0.4) is 0 Å². The number of esters is 1. The number of nitrogens with zero attached hydrogens (tertiary/aromatic N) is 3. The molecule has 38 heavy (non-hydrogen) atoms. The van der Waals surface area contributed by atoms with Crippen LogP contribution >= 0.6 is 11.3 Å². The molecule has 8 nitrogen and oxygen atoms in total. The van der Waals surface area contributed by atoms with E-state index in [9.17, 15) is 27.6 Å². The van der Waals surface area contributed by atoms with Gasteiger partial charge in [-0.25, -0.2) is 4.98 Å². The second-order valence-corrected chi connectivity index (χ2v) is 10.6. The minimum absolute atomic E-state index is 0.0333. The molecule has 1 atom stereocenters. The van der Waals surface area contributed by atoms with Gasteiger partial charge in [-0.05, 0) is 43.9 Å². The SMILES string of the molecule is COC(=O)CC(C)C(=O)N1CCC(c2nc(C(=O)Nc3cc(C(F)(F)F)ccc3N3CCCC3)cs2)CC1. The molecule has 0 saturated carbocycles. The van der Waals surface area contributed by atoms with Crippen molar-refractivity contribution in [3.8, 4) is 0 Å². The first-order chi connectivity index (χ1) is 18.1. The molecular formula is C26H31F3N4O4S. The van der Waals surface area contributed by atoms with Crippen molar-refractivity contribution in [3.05, 3.63) is 39.8 Å². The van der Waals surface area contributed by atoms with Gasteiger partial charge in [-0.2, -0.15) is 13.2 Å². The summed E-state index contributed by atoms with van der Waals surface area (Å²) in [4.78, 5) is 45.3. The van der Waals surface area contributed by atoms with Crippen LogP contribution in [0.15, 0.2) is 23.6 Å². The van der Waals surface area contributed by atoms with Gasteiger partial charge in [0.05, 0.1) is 35.5 Å². The fourth-order valence-corrected chi connectivity index (χ4v) is 5.86. The van der Waals surface area contributed by atoms with E-state index in [-0.39, 0.29) is 29.6 Å². The third-order valence-corrected chi connectivity index (χ3v) is 8.06. The highest BCUT2D eigenvalue weighted by Crippen LogP contribution is 2.37. The number of nitrogens with one attached hydrogen (secondary N) is 1. The Hall–Kier alpha value is -3.15. The minimum atomic E-state index is -4.52. The zero-order chi connectivity index (χ0) is 27.4. The molecule has 0 aliphatic carbocycles. The third-order valence-electron chi connectivity index (χ3n) is 7.05. The quantitative estimate of drug-likeness (QED) is 0.491. The number of ether oxygens (including phenoxy) is 1. The van der Waals surface area contributed by atoms with E-state index in [1.54, 1.807) is 17.2 Å². The van der Waals surface area contributed by atoms with Crippen molar-refractivity contribution in [2.45, 2.75) is 51.1 Å². The van der Waals surface area contributed by atoms with Crippen LogP contribution in [0, 0.1) is 5.92 Å². The minimum Gasteiger partial charge on any atom is -0.469 e. The van der Waals surface area contributed by atoms with E-state index in [1.807, 2.05) is 4.90 Å². The molecule has 2 amide bonds. The monoisotopic (exact) mass is 552 g/mol. The van der Waals surface area contributed by atoms with E-state index >= 15 is 0 Å². The van der Waals surface area contributed by atoms with Crippen molar-refractivity contribution in [2.75, 3.05) is 43.5 Å². The largest absolute Gasteiger partial charge is 0.469 e. The maximum Gasteiger partial charge on any atom is 0.416 e. The number of aromatic nitrogens is 1. The van der Waals surface area contributed by atoms with E-state index in [0.717, 1.165) is 43.1 Å². The average Bonchev–Trinajstić information content (AvgIpc) is 3.60. The smallest absolute Gasteiger partial charge is 0.416 e. The number of anilines is 2. The fourth-order valence-electron chi connectivity index (χ4n) is 4.89. The lowest BCUT2D eigenvalue weighted by molar-refractivity contribution is -0.146. The molecule has 12 heteroatoms. The van der Waals surface area contributed by atoms with Gasteiger partial charge in [0.1, 0.15) is 5.69 Å². The number of benzene rings is 1. The van der Waals surface area contributed by atoms with Gasteiger partial charge in [0.15, 0.2) is 0 Å². The van der Waals surface area contributed by atoms with E-state index in [0.29, 0.717) is 31.6 Å². The molecule has 1 unspecified atom stereocenters. The molecule has 1 aromatic heterocycles. The van der Waals surface area contributed by atoms with Crippen molar-refractivity contribution in [2.24, 2.45) is 5.92 Å². The molecule has 2 aromatic rings. The van der Waals surface area contributed by atoms with Gasteiger partial charge in [0, 0.05) is 43.4 Å². The Morgan fingerprint density at radius 1 is 1.16 bits per heavy atom. The summed E-state index contributed by atoms with van der Waals surface area (Å²) in [6.07, 6.45) is -1.28. The van der Waals surface area contributed by atoms with Gasteiger partial charge in [0.2, 0.25) is 5.91 Å². The molecule has 4 rings (SSSR count). The Morgan fingerprint density at radius 2 is 1.84 bits per heavy atom. The van der Waals surface area contributed by atoms with Crippen molar-refractivity contribution in [3.63, 3.8) is 0 Å². The number of carbonyl (C=O) groups is 3. The van der Waals surface area contributed by atoms with Gasteiger partial charge < -0.3 is 19.9 Å². The predicted octanol–water partition coefficient (Wildman–Crippen LogP) is 4.92. The fraction of sp³-hybridized carbons (Fsp3) is 0.538. The molecule has 0 spiro atoms. The van der Waals surface area contributed by atoms with Crippen LogP contribution < -0.4 is 10.2 Å². The van der Waals surface area contributed by atoms with Crippen LogP contribution in [0.2, 0.25) is 0 Å². The first-order valence-corrected chi connectivity index (χ1v) is 13.5. The summed E-state index contributed by atoms with van der Waals surface area (Å²) in [5, 5.41) is 5.03. The number of thiazole rings is 1. The number of likely N-dealkylation sites (tertiary alicyclic amines) is 1. The molecule has 2 aliphatic rings. The number of methoxy groups -OCH3 is 1. The van der Waals surface area contributed by atoms with Gasteiger partial charge in [0.25, 0.3) is 5.91 Å². The van der Waals surface area contributed by atoms with E-state index in [2.05, 4.69) is 15.0 Å². The zero-order valence-electron chi connectivity index (χ0n) is 21.3. The van der Waals surface area contributed by atoms with Gasteiger partial charge >= 0.3 is 12.1 Å². The van der Waals surface area contributed by atoms with Gasteiger partial charge in [-0.1, -0.05) is 6.92 Å². The summed E-state index contributed by atoms with van der Waals surface area (Å²) in [5.74, 6) is -1.47. The first-order valence-electron chi connectivity index (χ1n) is 12.7. The standard InChI is InChI=1S/C26H31F3N4O4S/c1-16(13-22(34)37-2)25(36)33-11-7-17(8-12-33)24-31-20(15-38-24)23(35)30-19-14-18(26(27,28)29)5-6-21(19)32-9-3-4-10-32/h5-6,14-17H,3-4,7-13H2,1-2H3,(H,30,35). The molecular weight excluding hydrogens is 521 g/mol. The molecule has 3 heterocycles. The Labute approximate surface area is 223 Å². The van der Waals surface area contributed by atoms with Crippen LogP contribution in [0.4, 0.5) is 24.5 Å². The predicted molar refractivity (Wildman–Crippen MR) is 137 cm³/mol. The van der Waals surface area contributed by atoms with Crippen LogP contribution in [0.1, 0.15) is 66.0 Å². The lowest BCUT2D eigenvalue weighted by atomic mass is 9.96. The van der Waals surface area contributed by atoms with Gasteiger partial charge in [-0.3, -0.25) is 14.4 Å². The maximum atomic E-state index is 13.4. The average molecular weight is 553 g/mol. The van der Waals surface area contributed by atoms with Crippen LogP contribution in [0.25, 0.3) is 0 Å². The van der Waals surface area contributed by atoms with Crippen LogP contribution in [-0.2, 0) is 20.5 Å². The van der Waals surface area contributed by atoms with Gasteiger partial charge in [-0.15, -0.1) is 11.3 Å². The highest BCUT2D eigenvalue weighted by molar-refractivity contribution is 7.10. The van der Waals surface area contributed by atoms with Crippen molar-refractivity contribution < 1.29 is 32.3 Å². The summed E-state index contributed by atoms with van der Waals surface area (Å²) in [7, 11) is 1.29. The Bertz CT molecular complexity index is 1170. The normalized spacial score (nSPS) is 17.4. The summed E-state index contributed by atoms with van der Waals surface area (Å²) in [5.41, 5.74) is 0.0175. The number of rotatable bonds is 7. The molecule has 2 fully saturated rings. The van der Waals surface area contributed by atoms with E-state index in [4.69, 9.17) is 0 Å². The van der Waals surface area contributed by atoms with Crippen molar-refractivity contribution in [1.29, 1.82) is 0 Å². The summed E-state index contributed by atoms with van der Waals surface area (Å²) < 4.78 is 44.7. The van der Waals surface area contributed by atoms with Crippen LogP contribution in [0.5, 0.6) is 0 Å². The summed E-state index contributed by atoms with van der Waals surface area (Å²) in [6, 6.07) is 3.43. The second-order valence-electron chi connectivity index (χ2n) is 9.73. The Balaban J connectivity index is 1.40. The van der Waals surface area contributed by atoms with E-state index in [1.165, 1.54) is 24.5 Å².